The Hall–Kier alpha value is -2.11. The van der Waals surface area contributed by atoms with E-state index in [2.05, 4.69) is 19.1 Å². The van der Waals surface area contributed by atoms with Crippen LogP contribution in [0.4, 0.5) is 0 Å². The molecule has 26 heavy (non-hydrogen) atoms. The Morgan fingerprint density at radius 2 is 1.96 bits per heavy atom. The van der Waals surface area contributed by atoms with Crippen molar-refractivity contribution in [1.82, 2.24) is 9.55 Å². The quantitative estimate of drug-likeness (QED) is 0.495. The first-order valence-corrected chi connectivity index (χ1v) is 9.93. The molecule has 2 heterocycles. The molecule has 1 aromatic heterocycles. The smallest absolute Gasteiger partial charge is 0.262 e. The van der Waals surface area contributed by atoms with Crippen LogP contribution in [0.3, 0.4) is 0 Å². The van der Waals surface area contributed by atoms with Crippen LogP contribution in [0, 0.1) is 0 Å². The molecule has 3 aromatic rings. The lowest BCUT2D eigenvalue weighted by Gasteiger charge is -2.18. The molecule has 0 unspecified atom stereocenters. The number of aromatic nitrogens is 2. The molecule has 2 aromatic carbocycles. The molecular formula is C21H22N2O2S. The number of ether oxygens (including phenoxy) is 1. The second kappa shape index (κ2) is 7.64. The summed E-state index contributed by atoms with van der Waals surface area (Å²) in [6, 6.07) is 17.9. The molecule has 5 heteroatoms. The highest BCUT2D eigenvalue weighted by Gasteiger charge is 2.21. The van der Waals surface area contributed by atoms with Gasteiger partial charge in [0.25, 0.3) is 5.56 Å². The van der Waals surface area contributed by atoms with Crippen molar-refractivity contribution in [2.45, 2.75) is 42.8 Å². The van der Waals surface area contributed by atoms with Crippen LogP contribution < -0.4 is 5.56 Å². The monoisotopic (exact) mass is 366 g/mol. The van der Waals surface area contributed by atoms with Gasteiger partial charge in [0.15, 0.2) is 5.16 Å². The summed E-state index contributed by atoms with van der Waals surface area (Å²) in [4.78, 5) is 17.9. The van der Waals surface area contributed by atoms with Crippen LogP contribution in [0.2, 0.25) is 0 Å². The molecule has 2 atom stereocenters. The van der Waals surface area contributed by atoms with Gasteiger partial charge >= 0.3 is 0 Å². The fourth-order valence-electron chi connectivity index (χ4n) is 3.34. The summed E-state index contributed by atoms with van der Waals surface area (Å²) in [6.45, 7) is 3.50. The summed E-state index contributed by atoms with van der Waals surface area (Å²) in [7, 11) is 0. The largest absolute Gasteiger partial charge is 0.376 e. The van der Waals surface area contributed by atoms with Gasteiger partial charge < -0.3 is 4.74 Å². The lowest BCUT2D eigenvalue weighted by atomic mass is 10.2. The summed E-state index contributed by atoms with van der Waals surface area (Å²) in [5, 5.41) is 1.64. The van der Waals surface area contributed by atoms with Crippen molar-refractivity contribution in [2.24, 2.45) is 0 Å². The number of thioether (sulfide) groups is 1. The lowest BCUT2D eigenvalue weighted by molar-refractivity contribution is 0.0937. The Morgan fingerprint density at radius 1 is 1.19 bits per heavy atom. The Balaban J connectivity index is 1.74. The predicted molar refractivity (Wildman–Crippen MR) is 106 cm³/mol. The van der Waals surface area contributed by atoms with Crippen LogP contribution >= 0.6 is 11.8 Å². The summed E-state index contributed by atoms with van der Waals surface area (Å²) < 4.78 is 7.58. The molecule has 4 rings (SSSR count). The summed E-state index contributed by atoms with van der Waals surface area (Å²) in [6.07, 6.45) is 2.16. The first-order chi connectivity index (χ1) is 12.7. The highest BCUT2D eigenvalue weighted by molar-refractivity contribution is 7.99. The Kier molecular flexibility index (Phi) is 5.09. The fourth-order valence-corrected chi connectivity index (χ4v) is 4.39. The zero-order chi connectivity index (χ0) is 17.9. The number of hydrogen-bond acceptors (Lipinski definition) is 4. The minimum Gasteiger partial charge on any atom is -0.376 e. The van der Waals surface area contributed by atoms with Gasteiger partial charge in [0.2, 0.25) is 0 Å². The molecule has 1 aliphatic heterocycles. The van der Waals surface area contributed by atoms with E-state index in [9.17, 15) is 4.79 Å². The molecule has 4 nitrogen and oxygen atoms in total. The number of benzene rings is 2. The molecule has 0 radical (unpaired) electrons. The van der Waals surface area contributed by atoms with Crippen LogP contribution in [0.15, 0.2) is 64.5 Å². The number of nitrogens with zero attached hydrogens (tertiary/aromatic N) is 2. The Labute approximate surface area is 157 Å². The first kappa shape index (κ1) is 17.3. The van der Waals surface area contributed by atoms with E-state index in [0.717, 1.165) is 30.1 Å². The van der Waals surface area contributed by atoms with Crippen molar-refractivity contribution in [1.29, 1.82) is 0 Å². The average Bonchev–Trinajstić information content (AvgIpc) is 3.19. The van der Waals surface area contributed by atoms with Crippen LogP contribution in [-0.4, -0.2) is 22.3 Å². The maximum atomic E-state index is 13.1. The number of rotatable bonds is 5. The van der Waals surface area contributed by atoms with Crippen molar-refractivity contribution in [3.05, 3.63) is 70.5 Å². The molecule has 0 aliphatic carbocycles. The van der Waals surface area contributed by atoms with E-state index < -0.39 is 0 Å². The zero-order valence-electron chi connectivity index (χ0n) is 14.8. The maximum Gasteiger partial charge on any atom is 0.262 e. The van der Waals surface area contributed by atoms with Gasteiger partial charge in [0, 0.05) is 11.9 Å². The highest BCUT2D eigenvalue weighted by Crippen LogP contribution is 2.34. The topological polar surface area (TPSA) is 44.1 Å². The summed E-state index contributed by atoms with van der Waals surface area (Å²) in [5.74, 6) is 0. The number of fused-ring (bicyclic) bond motifs is 1. The predicted octanol–water partition coefficient (Wildman–Crippen LogP) is 4.43. The van der Waals surface area contributed by atoms with Crippen molar-refractivity contribution in [2.75, 3.05) is 6.61 Å². The molecule has 0 amide bonds. The SMILES string of the molecule is C[C@H](Sc1nc2ccccc2c(=O)n1C[C@@H]1CCCO1)c1ccccc1. The summed E-state index contributed by atoms with van der Waals surface area (Å²) in [5.41, 5.74) is 2.00. The maximum absolute atomic E-state index is 13.1. The van der Waals surface area contributed by atoms with Crippen LogP contribution in [0.5, 0.6) is 0 Å². The Bertz CT molecular complexity index is 949. The molecular weight excluding hydrogens is 344 g/mol. The van der Waals surface area contributed by atoms with E-state index >= 15 is 0 Å². The third kappa shape index (κ3) is 3.55. The van der Waals surface area contributed by atoms with Crippen LogP contribution in [0.25, 0.3) is 10.9 Å². The first-order valence-electron chi connectivity index (χ1n) is 9.05. The molecule has 0 bridgehead atoms. The highest BCUT2D eigenvalue weighted by atomic mass is 32.2. The molecule has 0 spiro atoms. The van der Waals surface area contributed by atoms with Crippen molar-refractivity contribution < 1.29 is 4.74 Å². The van der Waals surface area contributed by atoms with E-state index in [1.165, 1.54) is 5.56 Å². The van der Waals surface area contributed by atoms with Gasteiger partial charge in [-0.1, -0.05) is 54.2 Å². The van der Waals surface area contributed by atoms with Gasteiger partial charge in [-0.25, -0.2) is 4.98 Å². The van der Waals surface area contributed by atoms with Crippen molar-refractivity contribution in [3.63, 3.8) is 0 Å². The van der Waals surface area contributed by atoms with Crippen LogP contribution in [0.1, 0.15) is 30.6 Å². The van der Waals surface area contributed by atoms with Gasteiger partial charge in [-0.15, -0.1) is 0 Å². The van der Waals surface area contributed by atoms with Gasteiger partial charge in [-0.05, 0) is 37.5 Å². The summed E-state index contributed by atoms with van der Waals surface area (Å²) >= 11 is 1.63. The third-order valence-electron chi connectivity index (χ3n) is 4.79. The molecule has 1 saturated heterocycles. The van der Waals surface area contributed by atoms with E-state index in [1.807, 2.05) is 47.0 Å². The van der Waals surface area contributed by atoms with Crippen LogP contribution in [-0.2, 0) is 11.3 Å². The normalized spacial score (nSPS) is 18.3. The third-order valence-corrected chi connectivity index (χ3v) is 5.94. The fraction of sp³-hybridized carbons (Fsp3) is 0.333. The van der Waals surface area contributed by atoms with E-state index in [0.29, 0.717) is 11.9 Å². The molecule has 0 N–H and O–H groups in total. The van der Waals surface area contributed by atoms with Crippen molar-refractivity contribution in [3.8, 4) is 0 Å². The molecule has 134 valence electrons. The second-order valence-corrected chi connectivity index (χ2v) is 7.94. The number of para-hydroxylation sites is 1. The second-order valence-electron chi connectivity index (χ2n) is 6.63. The van der Waals surface area contributed by atoms with Gasteiger partial charge in [-0.2, -0.15) is 0 Å². The molecule has 1 aliphatic rings. The zero-order valence-corrected chi connectivity index (χ0v) is 15.6. The lowest BCUT2D eigenvalue weighted by Crippen LogP contribution is -2.29. The van der Waals surface area contributed by atoms with Gasteiger partial charge in [-0.3, -0.25) is 9.36 Å². The number of hydrogen-bond donors (Lipinski definition) is 0. The van der Waals surface area contributed by atoms with E-state index in [-0.39, 0.29) is 16.9 Å². The van der Waals surface area contributed by atoms with Gasteiger partial charge in [0.05, 0.1) is 23.6 Å². The van der Waals surface area contributed by atoms with E-state index in [1.54, 1.807) is 11.8 Å². The minimum atomic E-state index is 0.0221. The Morgan fingerprint density at radius 3 is 2.73 bits per heavy atom. The van der Waals surface area contributed by atoms with Crippen molar-refractivity contribution >= 4 is 22.7 Å². The minimum absolute atomic E-state index is 0.0221. The average molecular weight is 366 g/mol. The standard InChI is InChI=1S/C21H22N2O2S/c1-15(16-8-3-2-4-9-16)26-21-22-19-12-6-5-11-18(19)20(24)23(21)14-17-10-7-13-25-17/h2-6,8-9,11-12,15,17H,7,10,13-14H2,1H3/t15-,17-/m0/s1. The van der Waals surface area contributed by atoms with E-state index in [4.69, 9.17) is 9.72 Å². The van der Waals surface area contributed by atoms with Gasteiger partial charge in [0.1, 0.15) is 0 Å². The molecule has 0 saturated carbocycles. The molecule has 1 fully saturated rings.